The topological polar surface area (TPSA) is 60.9 Å². The van der Waals surface area contributed by atoms with Gasteiger partial charge in [-0.05, 0) is 6.42 Å². The summed E-state index contributed by atoms with van der Waals surface area (Å²) in [5.74, 6) is 0. The Morgan fingerprint density at radius 3 is 2.92 bits per heavy atom. The summed E-state index contributed by atoms with van der Waals surface area (Å²) in [6.07, 6.45) is 4.77. The van der Waals surface area contributed by atoms with Crippen LogP contribution in [0.3, 0.4) is 0 Å². The molecule has 72 valence electrons. The maximum atomic E-state index is 11.3. The van der Waals surface area contributed by atoms with E-state index in [9.17, 15) is 4.79 Å². The number of hydrogen-bond acceptors (Lipinski definition) is 3. The Morgan fingerprint density at radius 1 is 1.54 bits per heavy atom. The summed E-state index contributed by atoms with van der Waals surface area (Å²) in [5.41, 5.74) is 5.72. The molecule has 13 heavy (non-hydrogen) atoms. The van der Waals surface area contributed by atoms with Gasteiger partial charge in [-0.1, -0.05) is 19.8 Å². The highest BCUT2D eigenvalue weighted by molar-refractivity contribution is 5.31. The molecule has 0 amide bonds. The van der Waals surface area contributed by atoms with Crippen molar-refractivity contribution >= 4 is 5.69 Å². The molecule has 0 unspecified atom stereocenters. The Balaban J connectivity index is 2.62. The number of unbranched alkanes of at least 4 members (excludes halogenated alkanes) is 2. The number of nitrogens with zero attached hydrogens (tertiary/aromatic N) is 2. The third-order valence-electron chi connectivity index (χ3n) is 1.86. The Bertz CT molecular complexity index is 319. The molecule has 1 aromatic heterocycles. The Kier molecular flexibility index (Phi) is 3.49. The average molecular weight is 181 g/mol. The predicted octanol–water partition coefficient (Wildman–Crippen LogP) is 1.02. The zero-order valence-electron chi connectivity index (χ0n) is 7.86. The third-order valence-corrected chi connectivity index (χ3v) is 1.86. The van der Waals surface area contributed by atoms with E-state index in [2.05, 4.69) is 12.0 Å². The van der Waals surface area contributed by atoms with Gasteiger partial charge < -0.3 is 5.73 Å². The minimum atomic E-state index is -0.115. The molecule has 0 aliphatic heterocycles. The van der Waals surface area contributed by atoms with Crippen LogP contribution < -0.4 is 11.3 Å². The number of nitrogen functional groups attached to an aromatic ring is 1. The standard InChI is InChI=1S/C9H15N3O/c1-2-3-4-5-12-9(13)6-8(10)7-11-12/h6-7H,2-5,10H2,1H3. The number of hydrogen-bond donors (Lipinski definition) is 1. The molecule has 1 heterocycles. The maximum Gasteiger partial charge on any atom is 0.268 e. The Hall–Kier alpha value is -1.32. The van der Waals surface area contributed by atoms with Gasteiger partial charge in [-0.15, -0.1) is 0 Å². The SMILES string of the molecule is CCCCCn1ncc(N)cc1=O. The summed E-state index contributed by atoms with van der Waals surface area (Å²) in [6, 6.07) is 1.40. The number of rotatable bonds is 4. The van der Waals surface area contributed by atoms with Crippen molar-refractivity contribution in [3.05, 3.63) is 22.6 Å². The van der Waals surface area contributed by atoms with Gasteiger partial charge in [0.2, 0.25) is 0 Å². The normalized spacial score (nSPS) is 10.2. The molecule has 1 aromatic rings. The van der Waals surface area contributed by atoms with Gasteiger partial charge in [0.05, 0.1) is 11.9 Å². The van der Waals surface area contributed by atoms with Crippen molar-refractivity contribution in [2.24, 2.45) is 0 Å². The first-order chi connectivity index (χ1) is 6.24. The lowest BCUT2D eigenvalue weighted by Gasteiger charge is -2.02. The second kappa shape index (κ2) is 4.64. The van der Waals surface area contributed by atoms with E-state index in [1.54, 1.807) is 0 Å². The molecule has 0 fully saturated rings. The van der Waals surface area contributed by atoms with Crippen molar-refractivity contribution in [3.63, 3.8) is 0 Å². The molecule has 1 rings (SSSR count). The fourth-order valence-electron chi connectivity index (χ4n) is 1.13. The van der Waals surface area contributed by atoms with Crippen molar-refractivity contribution < 1.29 is 0 Å². The monoisotopic (exact) mass is 181 g/mol. The Labute approximate surface area is 77.4 Å². The zero-order valence-corrected chi connectivity index (χ0v) is 7.86. The van der Waals surface area contributed by atoms with Crippen LogP contribution in [0.5, 0.6) is 0 Å². The van der Waals surface area contributed by atoms with Gasteiger partial charge >= 0.3 is 0 Å². The van der Waals surface area contributed by atoms with Crippen molar-refractivity contribution in [1.82, 2.24) is 9.78 Å². The maximum absolute atomic E-state index is 11.3. The molecule has 4 heteroatoms. The molecule has 0 aliphatic rings. The molecular formula is C9H15N3O. The van der Waals surface area contributed by atoms with Crippen LogP contribution in [0.15, 0.2) is 17.1 Å². The van der Waals surface area contributed by atoms with Gasteiger partial charge in [0.15, 0.2) is 0 Å². The summed E-state index contributed by atoms with van der Waals surface area (Å²) in [7, 11) is 0. The number of nitrogens with two attached hydrogens (primary N) is 1. The molecule has 0 saturated carbocycles. The zero-order chi connectivity index (χ0) is 9.68. The fraction of sp³-hybridized carbons (Fsp3) is 0.556. The van der Waals surface area contributed by atoms with Crippen molar-refractivity contribution in [1.29, 1.82) is 0 Å². The minimum Gasteiger partial charge on any atom is -0.397 e. The van der Waals surface area contributed by atoms with Crippen LogP contribution in [0.25, 0.3) is 0 Å². The predicted molar refractivity (Wildman–Crippen MR) is 52.4 cm³/mol. The summed E-state index contributed by atoms with van der Waals surface area (Å²) >= 11 is 0. The largest absolute Gasteiger partial charge is 0.397 e. The van der Waals surface area contributed by atoms with E-state index < -0.39 is 0 Å². The number of aryl methyl sites for hydroxylation is 1. The fourth-order valence-corrected chi connectivity index (χ4v) is 1.13. The van der Waals surface area contributed by atoms with E-state index in [1.165, 1.54) is 16.9 Å². The van der Waals surface area contributed by atoms with Gasteiger partial charge in [-0.2, -0.15) is 5.10 Å². The second-order valence-corrected chi connectivity index (χ2v) is 3.06. The minimum absolute atomic E-state index is 0.115. The molecule has 4 nitrogen and oxygen atoms in total. The summed E-state index contributed by atoms with van der Waals surface area (Å²) < 4.78 is 1.45. The van der Waals surface area contributed by atoms with E-state index >= 15 is 0 Å². The van der Waals surface area contributed by atoms with Crippen LogP contribution in [0.1, 0.15) is 26.2 Å². The molecular weight excluding hydrogens is 166 g/mol. The van der Waals surface area contributed by atoms with E-state index in [1.807, 2.05) is 0 Å². The lowest BCUT2D eigenvalue weighted by molar-refractivity contribution is 0.529. The first kappa shape index (κ1) is 9.77. The van der Waals surface area contributed by atoms with E-state index in [-0.39, 0.29) is 5.56 Å². The van der Waals surface area contributed by atoms with Crippen molar-refractivity contribution in [2.45, 2.75) is 32.7 Å². The lowest BCUT2D eigenvalue weighted by Crippen LogP contribution is -2.22. The highest BCUT2D eigenvalue weighted by Gasteiger charge is 1.96. The van der Waals surface area contributed by atoms with Gasteiger partial charge in [-0.3, -0.25) is 4.79 Å². The van der Waals surface area contributed by atoms with Crippen LogP contribution >= 0.6 is 0 Å². The van der Waals surface area contributed by atoms with E-state index in [4.69, 9.17) is 5.73 Å². The van der Waals surface area contributed by atoms with Crippen LogP contribution in [0.4, 0.5) is 5.69 Å². The molecule has 0 spiro atoms. The third kappa shape index (κ3) is 2.89. The van der Waals surface area contributed by atoms with Crippen molar-refractivity contribution in [2.75, 3.05) is 5.73 Å². The van der Waals surface area contributed by atoms with E-state index in [0.717, 1.165) is 19.3 Å². The highest BCUT2D eigenvalue weighted by atomic mass is 16.1. The lowest BCUT2D eigenvalue weighted by atomic mass is 10.2. The summed E-state index contributed by atoms with van der Waals surface area (Å²) in [5, 5.41) is 3.93. The van der Waals surface area contributed by atoms with Gasteiger partial charge in [0.1, 0.15) is 0 Å². The van der Waals surface area contributed by atoms with E-state index in [0.29, 0.717) is 12.2 Å². The molecule has 2 N–H and O–H groups in total. The molecule has 0 aromatic carbocycles. The van der Waals surface area contributed by atoms with Crippen LogP contribution in [0.2, 0.25) is 0 Å². The molecule has 0 radical (unpaired) electrons. The van der Waals surface area contributed by atoms with Gasteiger partial charge in [-0.25, -0.2) is 4.68 Å². The summed E-state index contributed by atoms with van der Waals surface area (Å²) in [4.78, 5) is 11.3. The first-order valence-corrected chi connectivity index (χ1v) is 4.56. The average Bonchev–Trinajstić information content (AvgIpc) is 2.09. The summed E-state index contributed by atoms with van der Waals surface area (Å²) in [6.45, 7) is 2.81. The van der Waals surface area contributed by atoms with Crippen LogP contribution in [0, 0.1) is 0 Å². The van der Waals surface area contributed by atoms with Crippen LogP contribution in [-0.2, 0) is 6.54 Å². The molecule has 0 bridgehead atoms. The molecule has 0 aliphatic carbocycles. The number of aromatic nitrogens is 2. The van der Waals surface area contributed by atoms with Crippen molar-refractivity contribution in [3.8, 4) is 0 Å². The van der Waals surface area contributed by atoms with Gasteiger partial charge in [0, 0.05) is 12.6 Å². The quantitative estimate of drug-likeness (QED) is 0.705. The molecule has 0 atom stereocenters. The smallest absolute Gasteiger partial charge is 0.268 e. The second-order valence-electron chi connectivity index (χ2n) is 3.06. The van der Waals surface area contributed by atoms with Crippen LogP contribution in [-0.4, -0.2) is 9.78 Å². The number of anilines is 1. The highest BCUT2D eigenvalue weighted by Crippen LogP contribution is 1.96. The molecule has 0 saturated heterocycles. The van der Waals surface area contributed by atoms with Gasteiger partial charge in [0.25, 0.3) is 5.56 Å². The Morgan fingerprint density at radius 2 is 2.31 bits per heavy atom. The first-order valence-electron chi connectivity index (χ1n) is 4.56.